The molecular formula is C25H27N3O3S. The van der Waals surface area contributed by atoms with Gasteiger partial charge in [-0.1, -0.05) is 42.0 Å². The van der Waals surface area contributed by atoms with E-state index < -0.39 is 10.0 Å². The molecule has 7 heteroatoms. The summed E-state index contributed by atoms with van der Waals surface area (Å²) < 4.78 is 28.1. The maximum absolute atomic E-state index is 12.8. The molecule has 32 heavy (non-hydrogen) atoms. The van der Waals surface area contributed by atoms with E-state index in [1.165, 1.54) is 18.5 Å². The van der Waals surface area contributed by atoms with Gasteiger partial charge in [-0.25, -0.2) is 8.42 Å². The zero-order valence-electron chi connectivity index (χ0n) is 18.0. The predicted molar refractivity (Wildman–Crippen MR) is 127 cm³/mol. The van der Waals surface area contributed by atoms with E-state index >= 15 is 0 Å². The number of nitrogens with zero attached hydrogens (tertiary/aromatic N) is 1. The van der Waals surface area contributed by atoms with Gasteiger partial charge in [-0.15, -0.1) is 0 Å². The van der Waals surface area contributed by atoms with Gasteiger partial charge in [0.05, 0.1) is 16.1 Å². The Kier molecular flexibility index (Phi) is 6.46. The summed E-state index contributed by atoms with van der Waals surface area (Å²) in [6, 6.07) is 21.4. The number of anilines is 2. The van der Waals surface area contributed by atoms with Gasteiger partial charge in [0, 0.05) is 25.3 Å². The lowest BCUT2D eigenvalue weighted by Crippen LogP contribution is -2.25. The van der Waals surface area contributed by atoms with Crippen molar-refractivity contribution in [1.82, 2.24) is 5.32 Å². The smallest absolute Gasteiger partial charge is 0.261 e. The second-order valence-electron chi connectivity index (χ2n) is 8.01. The minimum Gasteiger partial charge on any atom is -0.372 e. The first-order valence-electron chi connectivity index (χ1n) is 10.7. The lowest BCUT2D eigenvalue weighted by atomic mass is 10.1. The van der Waals surface area contributed by atoms with Crippen molar-refractivity contribution in [2.75, 3.05) is 22.7 Å². The molecule has 0 spiro atoms. The highest BCUT2D eigenvalue weighted by atomic mass is 32.2. The van der Waals surface area contributed by atoms with Gasteiger partial charge >= 0.3 is 0 Å². The van der Waals surface area contributed by atoms with Gasteiger partial charge in [-0.3, -0.25) is 9.52 Å². The summed E-state index contributed by atoms with van der Waals surface area (Å²) in [6.07, 6.45) is 2.45. The number of hydrogen-bond acceptors (Lipinski definition) is 4. The molecule has 1 saturated heterocycles. The number of benzene rings is 3. The number of rotatable bonds is 7. The van der Waals surface area contributed by atoms with Crippen molar-refractivity contribution in [3.8, 4) is 0 Å². The van der Waals surface area contributed by atoms with Gasteiger partial charge in [0.2, 0.25) is 0 Å². The van der Waals surface area contributed by atoms with Gasteiger partial charge < -0.3 is 10.2 Å². The number of nitrogens with one attached hydrogen (secondary N) is 2. The zero-order valence-corrected chi connectivity index (χ0v) is 18.9. The van der Waals surface area contributed by atoms with Crippen LogP contribution in [0.1, 0.15) is 34.3 Å². The van der Waals surface area contributed by atoms with Crippen LogP contribution in [-0.4, -0.2) is 27.4 Å². The van der Waals surface area contributed by atoms with Gasteiger partial charge in [0.15, 0.2) is 0 Å². The molecule has 0 unspecified atom stereocenters. The molecule has 1 fully saturated rings. The van der Waals surface area contributed by atoms with E-state index in [0.717, 1.165) is 24.2 Å². The molecule has 1 heterocycles. The molecule has 1 aliphatic rings. The third-order valence-corrected chi connectivity index (χ3v) is 6.99. The van der Waals surface area contributed by atoms with Gasteiger partial charge in [-0.05, 0) is 61.7 Å². The van der Waals surface area contributed by atoms with Crippen LogP contribution in [0.3, 0.4) is 0 Å². The molecule has 4 rings (SSSR count). The quantitative estimate of drug-likeness (QED) is 0.563. The van der Waals surface area contributed by atoms with Crippen LogP contribution in [0.15, 0.2) is 77.7 Å². The Balaban J connectivity index is 1.43. The number of aryl methyl sites for hydroxylation is 1. The van der Waals surface area contributed by atoms with Crippen molar-refractivity contribution in [1.29, 1.82) is 0 Å². The lowest BCUT2D eigenvalue weighted by molar-refractivity contribution is 0.0952. The average molecular weight is 450 g/mol. The van der Waals surface area contributed by atoms with E-state index in [4.69, 9.17) is 0 Å². The van der Waals surface area contributed by atoms with Crippen LogP contribution in [0.5, 0.6) is 0 Å². The van der Waals surface area contributed by atoms with Crippen LogP contribution < -0.4 is 14.9 Å². The second kappa shape index (κ2) is 9.44. The maximum atomic E-state index is 12.8. The highest BCUT2D eigenvalue weighted by Gasteiger charge is 2.18. The fraction of sp³-hybridized carbons (Fsp3) is 0.240. The highest BCUT2D eigenvalue weighted by Crippen LogP contribution is 2.22. The van der Waals surface area contributed by atoms with E-state index in [0.29, 0.717) is 6.54 Å². The minimum atomic E-state index is -3.80. The van der Waals surface area contributed by atoms with Crippen LogP contribution in [0.4, 0.5) is 11.4 Å². The molecule has 3 aromatic rings. The van der Waals surface area contributed by atoms with Crippen molar-refractivity contribution in [2.45, 2.75) is 31.2 Å². The molecule has 166 valence electrons. The number of sulfonamides is 1. The van der Waals surface area contributed by atoms with Crippen molar-refractivity contribution in [3.05, 3.63) is 89.5 Å². The molecule has 6 nitrogen and oxygen atoms in total. The number of carbonyl (C=O) groups excluding carboxylic acids is 1. The topological polar surface area (TPSA) is 78.5 Å². The summed E-state index contributed by atoms with van der Waals surface area (Å²) in [5, 5.41) is 2.89. The molecule has 0 atom stereocenters. The van der Waals surface area contributed by atoms with Crippen LogP contribution in [0.2, 0.25) is 0 Å². The molecule has 1 aliphatic heterocycles. The fourth-order valence-electron chi connectivity index (χ4n) is 3.77. The van der Waals surface area contributed by atoms with E-state index in [9.17, 15) is 13.2 Å². The van der Waals surface area contributed by atoms with E-state index in [1.54, 1.807) is 48.5 Å². The van der Waals surface area contributed by atoms with Crippen molar-refractivity contribution in [3.63, 3.8) is 0 Å². The van der Waals surface area contributed by atoms with Gasteiger partial charge in [0.25, 0.3) is 15.9 Å². The first kappa shape index (κ1) is 21.9. The Morgan fingerprint density at radius 2 is 1.56 bits per heavy atom. The number of hydrogen-bond donors (Lipinski definition) is 2. The standard InChI is InChI=1S/C25H27N3O3S/c1-19-8-14-22(15-9-19)32(30,31)27-24-7-3-2-6-23(24)25(29)26-18-20-10-12-21(13-11-20)28-16-4-5-17-28/h2-3,6-15,27H,4-5,16-18H2,1H3,(H,26,29). The second-order valence-corrected chi connectivity index (χ2v) is 9.69. The summed E-state index contributed by atoms with van der Waals surface area (Å²) in [4.78, 5) is 15.3. The lowest BCUT2D eigenvalue weighted by Gasteiger charge is -2.18. The number of carbonyl (C=O) groups is 1. The molecular weight excluding hydrogens is 422 g/mol. The molecule has 2 N–H and O–H groups in total. The van der Waals surface area contributed by atoms with Crippen LogP contribution in [0, 0.1) is 6.92 Å². The summed E-state index contributed by atoms with van der Waals surface area (Å²) in [5.41, 5.74) is 3.68. The summed E-state index contributed by atoms with van der Waals surface area (Å²) in [6.45, 7) is 4.43. The fourth-order valence-corrected chi connectivity index (χ4v) is 4.85. The first-order valence-corrected chi connectivity index (χ1v) is 12.2. The SMILES string of the molecule is Cc1ccc(S(=O)(=O)Nc2ccccc2C(=O)NCc2ccc(N3CCCC3)cc2)cc1. The Labute approximate surface area is 189 Å². The van der Waals surface area contributed by atoms with Crippen LogP contribution in [-0.2, 0) is 16.6 Å². The molecule has 0 saturated carbocycles. The largest absolute Gasteiger partial charge is 0.372 e. The maximum Gasteiger partial charge on any atom is 0.261 e. The predicted octanol–water partition coefficient (Wildman–Crippen LogP) is 4.33. The van der Waals surface area contributed by atoms with E-state index in [1.807, 2.05) is 19.1 Å². The van der Waals surface area contributed by atoms with Gasteiger partial charge in [-0.2, -0.15) is 0 Å². The van der Waals surface area contributed by atoms with Crippen molar-refractivity contribution < 1.29 is 13.2 Å². The Hall–Kier alpha value is -3.32. The Morgan fingerprint density at radius 3 is 2.25 bits per heavy atom. The zero-order chi connectivity index (χ0) is 22.6. The molecule has 3 aromatic carbocycles. The summed E-state index contributed by atoms with van der Waals surface area (Å²) in [7, 11) is -3.80. The number of para-hydroxylation sites is 1. The molecule has 0 aliphatic carbocycles. The van der Waals surface area contributed by atoms with Crippen molar-refractivity contribution in [2.24, 2.45) is 0 Å². The monoisotopic (exact) mass is 449 g/mol. The normalized spacial score (nSPS) is 13.7. The minimum absolute atomic E-state index is 0.149. The highest BCUT2D eigenvalue weighted by molar-refractivity contribution is 7.92. The first-order chi connectivity index (χ1) is 15.4. The van der Waals surface area contributed by atoms with E-state index in [2.05, 4.69) is 27.1 Å². The molecule has 0 aromatic heterocycles. The third kappa shape index (κ3) is 5.11. The van der Waals surface area contributed by atoms with Crippen LogP contribution in [0.25, 0.3) is 0 Å². The Morgan fingerprint density at radius 1 is 0.906 bits per heavy atom. The summed E-state index contributed by atoms with van der Waals surface area (Å²) >= 11 is 0. The number of amides is 1. The summed E-state index contributed by atoms with van der Waals surface area (Å²) in [5.74, 6) is -0.337. The van der Waals surface area contributed by atoms with E-state index in [-0.39, 0.29) is 22.1 Å². The third-order valence-electron chi connectivity index (χ3n) is 5.61. The Bertz CT molecular complexity index is 1180. The average Bonchev–Trinajstić information content (AvgIpc) is 3.33. The van der Waals surface area contributed by atoms with Gasteiger partial charge in [0.1, 0.15) is 0 Å². The molecule has 0 radical (unpaired) electrons. The molecule has 0 bridgehead atoms. The van der Waals surface area contributed by atoms with Crippen molar-refractivity contribution >= 4 is 27.3 Å². The van der Waals surface area contributed by atoms with Crippen LogP contribution >= 0.6 is 0 Å². The molecule has 1 amide bonds.